The number of ether oxygens (including phenoxy) is 1. The summed E-state index contributed by atoms with van der Waals surface area (Å²) in [6.45, 7) is 2.87. The highest BCUT2D eigenvalue weighted by atomic mass is 79.9. The summed E-state index contributed by atoms with van der Waals surface area (Å²) < 4.78 is 6.67. The Morgan fingerprint density at radius 1 is 1.39 bits per heavy atom. The van der Waals surface area contributed by atoms with Gasteiger partial charge in [0.2, 0.25) is 0 Å². The number of hydrogen-bond donors (Lipinski definition) is 1. The summed E-state index contributed by atoms with van der Waals surface area (Å²) in [5.41, 5.74) is 7.58. The standard InChI is InChI=1S/C15H22BrNO/c1-2-9-18-14-8-7-12(10-13(14)16)15(17)11-5-3-4-6-11/h7-8,10-11,15H,2-6,9,17H2,1H3. The van der Waals surface area contributed by atoms with Crippen LogP contribution in [-0.4, -0.2) is 6.61 Å². The van der Waals surface area contributed by atoms with Crippen molar-refractivity contribution in [2.75, 3.05) is 6.61 Å². The first kappa shape index (κ1) is 13.9. The minimum Gasteiger partial charge on any atom is -0.492 e. The van der Waals surface area contributed by atoms with Gasteiger partial charge in [0.05, 0.1) is 11.1 Å². The normalized spacial score (nSPS) is 17.9. The van der Waals surface area contributed by atoms with Crippen molar-refractivity contribution in [3.8, 4) is 5.75 Å². The Bertz CT molecular complexity index is 388. The molecule has 18 heavy (non-hydrogen) atoms. The van der Waals surface area contributed by atoms with Crippen LogP contribution in [0.5, 0.6) is 5.75 Å². The van der Waals surface area contributed by atoms with Crippen LogP contribution < -0.4 is 10.5 Å². The summed E-state index contributed by atoms with van der Waals surface area (Å²) in [6.07, 6.45) is 6.23. The molecule has 0 saturated heterocycles. The maximum atomic E-state index is 6.36. The van der Waals surface area contributed by atoms with Crippen LogP contribution in [0.2, 0.25) is 0 Å². The molecule has 0 radical (unpaired) electrons. The monoisotopic (exact) mass is 311 g/mol. The fourth-order valence-corrected chi connectivity index (χ4v) is 3.15. The lowest BCUT2D eigenvalue weighted by Crippen LogP contribution is -2.19. The largest absolute Gasteiger partial charge is 0.492 e. The van der Waals surface area contributed by atoms with Crippen LogP contribution in [0.3, 0.4) is 0 Å². The van der Waals surface area contributed by atoms with Gasteiger partial charge in [-0.15, -0.1) is 0 Å². The summed E-state index contributed by atoms with van der Waals surface area (Å²) in [4.78, 5) is 0. The first-order valence-electron chi connectivity index (χ1n) is 6.90. The Labute approximate surface area is 118 Å². The van der Waals surface area contributed by atoms with Crippen molar-refractivity contribution < 1.29 is 4.74 Å². The SMILES string of the molecule is CCCOc1ccc(C(N)C2CCCC2)cc1Br. The van der Waals surface area contributed by atoms with Crippen molar-refractivity contribution in [3.05, 3.63) is 28.2 Å². The summed E-state index contributed by atoms with van der Waals surface area (Å²) in [7, 11) is 0. The van der Waals surface area contributed by atoms with Gasteiger partial charge in [0.1, 0.15) is 5.75 Å². The van der Waals surface area contributed by atoms with E-state index < -0.39 is 0 Å². The highest BCUT2D eigenvalue weighted by Crippen LogP contribution is 2.36. The lowest BCUT2D eigenvalue weighted by molar-refractivity contribution is 0.315. The van der Waals surface area contributed by atoms with Crippen LogP contribution in [0.15, 0.2) is 22.7 Å². The van der Waals surface area contributed by atoms with E-state index in [-0.39, 0.29) is 6.04 Å². The minimum atomic E-state index is 0.170. The second kappa shape index (κ2) is 6.58. The van der Waals surface area contributed by atoms with E-state index in [1.165, 1.54) is 31.2 Å². The maximum Gasteiger partial charge on any atom is 0.133 e. The zero-order valence-corrected chi connectivity index (χ0v) is 12.6. The summed E-state index contributed by atoms with van der Waals surface area (Å²) in [6, 6.07) is 6.43. The van der Waals surface area contributed by atoms with E-state index in [4.69, 9.17) is 10.5 Å². The second-order valence-electron chi connectivity index (χ2n) is 5.11. The number of rotatable bonds is 5. The van der Waals surface area contributed by atoms with Crippen molar-refractivity contribution in [1.29, 1.82) is 0 Å². The van der Waals surface area contributed by atoms with Gasteiger partial charge in [-0.2, -0.15) is 0 Å². The van der Waals surface area contributed by atoms with Crippen molar-refractivity contribution in [2.24, 2.45) is 11.7 Å². The van der Waals surface area contributed by atoms with E-state index in [1.807, 2.05) is 6.07 Å². The number of halogens is 1. The van der Waals surface area contributed by atoms with E-state index in [1.54, 1.807) is 0 Å². The molecule has 1 aromatic rings. The molecule has 3 heteroatoms. The lowest BCUT2D eigenvalue weighted by Gasteiger charge is -2.20. The molecule has 1 saturated carbocycles. The Kier molecular flexibility index (Phi) is 5.07. The smallest absolute Gasteiger partial charge is 0.133 e. The number of benzene rings is 1. The number of nitrogens with two attached hydrogens (primary N) is 1. The van der Waals surface area contributed by atoms with Crippen LogP contribution in [0.25, 0.3) is 0 Å². The summed E-state index contributed by atoms with van der Waals surface area (Å²) >= 11 is 3.57. The highest BCUT2D eigenvalue weighted by Gasteiger charge is 2.23. The van der Waals surface area contributed by atoms with Gasteiger partial charge in [-0.3, -0.25) is 0 Å². The predicted molar refractivity (Wildman–Crippen MR) is 78.8 cm³/mol. The quantitative estimate of drug-likeness (QED) is 0.873. The van der Waals surface area contributed by atoms with Crippen LogP contribution >= 0.6 is 15.9 Å². The average molecular weight is 312 g/mol. The zero-order valence-electron chi connectivity index (χ0n) is 11.0. The van der Waals surface area contributed by atoms with Gasteiger partial charge in [-0.1, -0.05) is 25.8 Å². The zero-order chi connectivity index (χ0) is 13.0. The molecule has 1 aliphatic rings. The van der Waals surface area contributed by atoms with Crippen molar-refractivity contribution in [2.45, 2.75) is 45.1 Å². The minimum absolute atomic E-state index is 0.170. The van der Waals surface area contributed by atoms with Gasteiger partial charge in [0.25, 0.3) is 0 Å². The Morgan fingerprint density at radius 2 is 2.11 bits per heavy atom. The second-order valence-corrected chi connectivity index (χ2v) is 5.96. The molecule has 0 heterocycles. The van der Waals surface area contributed by atoms with Crippen LogP contribution in [0.1, 0.15) is 50.6 Å². The van der Waals surface area contributed by atoms with Crippen molar-refractivity contribution in [3.63, 3.8) is 0 Å². The predicted octanol–water partition coefficient (Wildman–Crippen LogP) is 4.43. The Morgan fingerprint density at radius 3 is 2.72 bits per heavy atom. The third-order valence-electron chi connectivity index (χ3n) is 3.71. The van der Waals surface area contributed by atoms with Crippen LogP contribution in [-0.2, 0) is 0 Å². The molecule has 0 aliphatic heterocycles. The lowest BCUT2D eigenvalue weighted by atomic mass is 9.92. The van der Waals surface area contributed by atoms with Gasteiger partial charge in [0.15, 0.2) is 0 Å². The molecule has 1 unspecified atom stereocenters. The average Bonchev–Trinajstić information content (AvgIpc) is 2.90. The molecule has 2 N–H and O–H groups in total. The first-order chi connectivity index (χ1) is 8.72. The maximum absolute atomic E-state index is 6.36. The molecular formula is C15H22BrNO. The van der Waals surface area contributed by atoms with E-state index in [9.17, 15) is 0 Å². The molecule has 0 amide bonds. The molecule has 1 aliphatic carbocycles. The third kappa shape index (κ3) is 3.27. The molecule has 2 nitrogen and oxygen atoms in total. The molecule has 1 fully saturated rings. The van der Waals surface area contributed by atoms with E-state index in [0.717, 1.165) is 23.2 Å². The Hall–Kier alpha value is -0.540. The van der Waals surface area contributed by atoms with Gasteiger partial charge in [-0.25, -0.2) is 0 Å². The van der Waals surface area contributed by atoms with E-state index in [2.05, 4.69) is 35.0 Å². The molecule has 0 spiro atoms. The van der Waals surface area contributed by atoms with Gasteiger partial charge >= 0.3 is 0 Å². The molecule has 2 rings (SSSR count). The Balaban J connectivity index is 2.07. The van der Waals surface area contributed by atoms with Crippen molar-refractivity contribution in [1.82, 2.24) is 0 Å². The fraction of sp³-hybridized carbons (Fsp3) is 0.600. The molecule has 0 bridgehead atoms. The van der Waals surface area contributed by atoms with Gasteiger partial charge in [0, 0.05) is 6.04 Å². The van der Waals surface area contributed by atoms with Crippen LogP contribution in [0, 0.1) is 5.92 Å². The molecule has 100 valence electrons. The van der Waals surface area contributed by atoms with Gasteiger partial charge in [-0.05, 0) is 58.8 Å². The van der Waals surface area contributed by atoms with E-state index in [0.29, 0.717) is 5.92 Å². The summed E-state index contributed by atoms with van der Waals surface area (Å²) in [5.74, 6) is 1.57. The van der Waals surface area contributed by atoms with Gasteiger partial charge < -0.3 is 10.5 Å². The van der Waals surface area contributed by atoms with Crippen molar-refractivity contribution >= 4 is 15.9 Å². The van der Waals surface area contributed by atoms with E-state index >= 15 is 0 Å². The number of hydrogen-bond acceptors (Lipinski definition) is 2. The van der Waals surface area contributed by atoms with Crippen LogP contribution in [0.4, 0.5) is 0 Å². The molecule has 1 aromatic carbocycles. The summed E-state index contributed by atoms with van der Waals surface area (Å²) in [5, 5.41) is 0. The third-order valence-corrected chi connectivity index (χ3v) is 4.33. The fourth-order valence-electron chi connectivity index (χ4n) is 2.64. The molecule has 0 aromatic heterocycles. The first-order valence-corrected chi connectivity index (χ1v) is 7.69. The topological polar surface area (TPSA) is 35.2 Å². The molecular weight excluding hydrogens is 290 g/mol. The highest BCUT2D eigenvalue weighted by molar-refractivity contribution is 9.10. The molecule has 1 atom stereocenters.